The fourth-order valence-corrected chi connectivity index (χ4v) is 3.67. The van der Waals surface area contributed by atoms with Gasteiger partial charge in [0.1, 0.15) is 12.4 Å². The molecule has 25 heavy (non-hydrogen) atoms. The van der Waals surface area contributed by atoms with E-state index in [4.69, 9.17) is 0 Å². The second-order valence-electron chi connectivity index (χ2n) is 7.24. The molecule has 1 aliphatic carbocycles. The normalized spacial score (nSPS) is 21.4. The van der Waals surface area contributed by atoms with Crippen LogP contribution in [0.25, 0.3) is 0 Å². The number of allylic oxidation sites excluding steroid dienone is 2. The van der Waals surface area contributed by atoms with Gasteiger partial charge in [-0.25, -0.2) is 4.68 Å². The third-order valence-electron chi connectivity index (χ3n) is 4.67. The lowest BCUT2D eigenvalue weighted by molar-refractivity contribution is -0.384. The molecule has 4 rings (SSSR count). The molecule has 0 saturated heterocycles. The van der Waals surface area contributed by atoms with Gasteiger partial charge in [0.15, 0.2) is 5.78 Å². The molecule has 1 aliphatic heterocycles. The summed E-state index contributed by atoms with van der Waals surface area (Å²) in [4.78, 5) is 27.8. The van der Waals surface area contributed by atoms with Gasteiger partial charge in [-0.1, -0.05) is 26.0 Å². The van der Waals surface area contributed by atoms with Crippen LogP contribution < -0.4 is 5.32 Å². The zero-order valence-corrected chi connectivity index (χ0v) is 13.9. The van der Waals surface area contributed by atoms with Crippen molar-refractivity contribution >= 4 is 17.4 Å². The average Bonchev–Trinajstić information content (AvgIpc) is 2.99. The predicted molar refractivity (Wildman–Crippen MR) is 89.9 cm³/mol. The summed E-state index contributed by atoms with van der Waals surface area (Å²) in [6, 6.07) is 5.85. The number of hydrogen-bond acceptors (Lipinski definition) is 6. The molecule has 0 saturated carbocycles. The SMILES string of the molecule is CC1(C)CC(=O)C2=C(C1)Nc1ncnn1[C@@H]2c1cccc([N+](=O)[O-])c1. The molecule has 1 atom stereocenters. The van der Waals surface area contributed by atoms with Crippen LogP contribution in [0.15, 0.2) is 41.9 Å². The van der Waals surface area contributed by atoms with Gasteiger partial charge in [0.2, 0.25) is 5.95 Å². The molecular weight excluding hydrogens is 322 g/mol. The number of Topliss-reactive ketones (excluding diaryl/α,β-unsaturated/α-hetero) is 1. The molecule has 2 aromatic rings. The van der Waals surface area contributed by atoms with E-state index in [0.717, 1.165) is 5.70 Å². The first-order valence-electron chi connectivity index (χ1n) is 8.03. The molecule has 8 heteroatoms. The number of carbonyl (C=O) groups excluding carboxylic acids is 1. The minimum atomic E-state index is -0.503. The standard InChI is InChI=1S/C17H17N5O3/c1-17(2)7-12-14(13(23)8-17)15(21-16(20-12)18-9-19-21)10-4-3-5-11(6-10)22(24)25/h3-6,9,15H,7-8H2,1-2H3,(H,18,19,20)/t15-/m1/s1. The number of carbonyl (C=O) groups is 1. The summed E-state index contributed by atoms with van der Waals surface area (Å²) in [5.74, 6) is 0.581. The Labute approximate surface area is 143 Å². The minimum absolute atomic E-state index is 0.0107. The number of aromatic nitrogens is 3. The Morgan fingerprint density at radius 3 is 2.92 bits per heavy atom. The maximum Gasteiger partial charge on any atom is 0.269 e. The Balaban J connectivity index is 1.90. The highest BCUT2D eigenvalue weighted by atomic mass is 16.6. The van der Waals surface area contributed by atoms with E-state index in [1.165, 1.54) is 18.5 Å². The maximum absolute atomic E-state index is 12.9. The Kier molecular flexibility index (Phi) is 3.24. The zero-order valence-electron chi connectivity index (χ0n) is 13.9. The second-order valence-corrected chi connectivity index (χ2v) is 7.24. The number of benzene rings is 1. The minimum Gasteiger partial charge on any atom is -0.328 e. The fraction of sp³-hybridized carbons (Fsp3) is 0.353. The largest absolute Gasteiger partial charge is 0.328 e. The fourth-order valence-electron chi connectivity index (χ4n) is 3.67. The van der Waals surface area contributed by atoms with Crippen molar-refractivity contribution < 1.29 is 9.72 Å². The van der Waals surface area contributed by atoms with Gasteiger partial charge >= 0.3 is 0 Å². The number of anilines is 1. The van der Waals surface area contributed by atoms with E-state index < -0.39 is 11.0 Å². The summed E-state index contributed by atoms with van der Waals surface area (Å²) in [5.41, 5.74) is 1.96. The third kappa shape index (κ3) is 2.50. The Morgan fingerprint density at radius 1 is 1.36 bits per heavy atom. The van der Waals surface area contributed by atoms with Crippen molar-refractivity contribution in [2.24, 2.45) is 5.41 Å². The molecule has 8 nitrogen and oxygen atoms in total. The third-order valence-corrected chi connectivity index (χ3v) is 4.67. The van der Waals surface area contributed by atoms with Crippen molar-refractivity contribution in [2.75, 3.05) is 5.32 Å². The summed E-state index contributed by atoms with van der Waals surface area (Å²) < 4.78 is 1.62. The van der Waals surface area contributed by atoms with E-state index in [1.54, 1.807) is 16.8 Å². The van der Waals surface area contributed by atoms with Crippen molar-refractivity contribution in [3.8, 4) is 0 Å². The van der Waals surface area contributed by atoms with E-state index in [0.29, 0.717) is 29.9 Å². The van der Waals surface area contributed by atoms with Gasteiger partial charge in [-0.3, -0.25) is 14.9 Å². The quantitative estimate of drug-likeness (QED) is 0.666. The Morgan fingerprint density at radius 2 is 2.16 bits per heavy atom. The van der Waals surface area contributed by atoms with Crippen LogP contribution in [0.5, 0.6) is 0 Å². The van der Waals surface area contributed by atoms with Crippen LogP contribution in [0.4, 0.5) is 11.6 Å². The van der Waals surface area contributed by atoms with Gasteiger partial charge < -0.3 is 5.32 Å². The number of non-ortho nitro benzene ring substituents is 1. The monoisotopic (exact) mass is 339 g/mol. The number of nitrogens with zero attached hydrogens (tertiary/aromatic N) is 4. The molecule has 1 aromatic carbocycles. The number of nitrogens with one attached hydrogen (secondary N) is 1. The van der Waals surface area contributed by atoms with Gasteiger partial charge in [0.05, 0.1) is 4.92 Å². The van der Waals surface area contributed by atoms with Crippen LogP contribution in [0.2, 0.25) is 0 Å². The lowest BCUT2D eigenvalue weighted by atomic mass is 9.73. The molecule has 0 fully saturated rings. The molecule has 0 unspecified atom stereocenters. The summed E-state index contributed by atoms with van der Waals surface area (Å²) in [6.45, 7) is 4.11. The molecule has 0 amide bonds. The highest BCUT2D eigenvalue weighted by Gasteiger charge is 2.41. The van der Waals surface area contributed by atoms with E-state index in [1.807, 2.05) is 0 Å². The van der Waals surface area contributed by atoms with Crippen molar-refractivity contribution in [1.82, 2.24) is 14.8 Å². The van der Waals surface area contributed by atoms with Crippen LogP contribution >= 0.6 is 0 Å². The van der Waals surface area contributed by atoms with E-state index in [9.17, 15) is 14.9 Å². The van der Waals surface area contributed by atoms with Crippen molar-refractivity contribution in [2.45, 2.75) is 32.7 Å². The van der Waals surface area contributed by atoms with E-state index >= 15 is 0 Å². The van der Waals surface area contributed by atoms with Crippen LogP contribution in [0.3, 0.4) is 0 Å². The Bertz CT molecular complexity index is 928. The molecular formula is C17H17N5O3. The lowest BCUT2D eigenvalue weighted by Crippen LogP contribution is -2.36. The van der Waals surface area contributed by atoms with Crippen LogP contribution in [-0.2, 0) is 4.79 Å². The first-order chi connectivity index (χ1) is 11.9. The smallest absolute Gasteiger partial charge is 0.269 e. The molecule has 2 heterocycles. The summed E-state index contributed by atoms with van der Waals surface area (Å²) >= 11 is 0. The van der Waals surface area contributed by atoms with Crippen molar-refractivity contribution in [3.05, 3.63) is 57.5 Å². The summed E-state index contributed by atoms with van der Waals surface area (Å²) in [7, 11) is 0. The molecule has 0 radical (unpaired) electrons. The van der Waals surface area contributed by atoms with Gasteiger partial charge in [-0.05, 0) is 17.4 Å². The molecule has 0 bridgehead atoms. The van der Waals surface area contributed by atoms with Gasteiger partial charge in [0, 0.05) is 29.8 Å². The molecule has 0 spiro atoms. The summed E-state index contributed by atoms with van der Waals surface area (Å²) in [5, 5.41) is 18.6. The van der Waals surface area contributed by atoms with Gasteiger partial charge in [0.25, 0.3) is 5.69 Å². The van der Waals surface area contributed by atoms with Crippen molar-refractivity contribution in [3.63, 3.8) is 0 Å². The summed E-state index contributed by atoms with van der Waals surface area (Å²) in [6.07, 6.45) is 2.57. The highest BCUT2D eigenvalue weighted by Crippen LogP contribution is 2.45. The Hall–Kier alpha value is -3.03. The number of fused-ring (bicyclic) bond motifs is 1. The number of nitro benzene ring substituents is 1. The molecule has 2 aliphatic rings. The van der Waals surface area contributed by atoms with E-state index in [2.05, 4.69) is 29.2 Å². The first kappa shape index (κ1) is 15.5. The van der Waals surface area contributed by atoms with Gasteiger partial charge in [-0.2, -0.15) is 10.1 Å². The maximum atomic E-state index is 12.9. The van der Waals surface area contributed by atoms with Crippen LogP contribution in [-0.4, -0.2) is 25.5 Å². The number of ketones is 1. The van der Waals surface area contributed by atoms with Crippen molar-refractivity contribution in [1.29, 1.82) is 0 Å². The van der Waals surface area contributed by atoms with Crippen LogP contribution in [0, 0.1) is 15.5 Å². The molecule has 1 aromatic heterocycles. The van der Waals surface area contributed by atoms with E-state index in [-0.39, 0.29) is 16.9 Å². The highest BCUT2D eigenvalue weighted by molar-refractivity contribution is 6.00. The van der Waals surface area contributed by atoms with Crippen LogP contribution in [0.1, 0.15) is 38.3 Å². The van der Waals surface area contributed by atoms with Gasteiger partial charge in [-0.15, -0.1) is 0 Å². The topological polar surface area (TPSA) is 103 Å². The molecule has 1 N–H and O–H groups in total. The predicted octanol–water partition coefficient (Wildman–Crippen LogP) is 2.84. The number of nitro groups is 1. The zero-order chi connectivity index (χ0) is 17.8. The average molecular weight is 339 g/mol. The molecule has 128 valence electrons. The lowest BCUT2D eigenvalue weighted by Gasteiger charge is -2.38. The number of hydrogen-bond donors (Lipinski definition) is 1. The second kappa shape index (κ2) is 5.23. The first-order valence-corrected chi connectivity index (χ1v) is 8.03. The number of rotatable bonds is 2.